The Balaban J connectivity index is 2.33. The predicted octanol–water partition coefficient (Wildman–Crippen LogP) is 1.27. The molecule has 124 valence electrons. The van der Waals surface area contributed by atoms with Crippen molar-refractivity contribution in [3.63, 3.8) is 0 Å². The van der Waals surface area contributed by atoms with Crippen molar-refractivity contribution in [2.45, 2.75) is 38.1 Å². The van der Waals surface area contributed by atoms with Gasteiger partial charge in [-0.3, -0.25) is 4.79 Å². The van der Waals surface area contributed by atoms with E-state index in [0.29, 0.717) is 18.8 Å². The van der Waals surface area contributed by atoms with Gasteiger partial charge in [-0.25, -0.2) is 13.4 Å². The second-order valence-corrected chi connectivity index (χ2v) is 8.29. The van der Waals surface area contributed by atoms with Gasteiger partial charge in [0.15, 0.2) is 5.03 Å². The monoisotopic (exact) mass is 329 g/mol. The molecule has 1 saturated heterocycles. The zero-order valence-corrected chi connectivity index (χ0v) is 14.2. The van der Waals surface area contributed by atoms with Gasteiger partial charge in [0.05, 0.1) is 5.92 Å². The van der Waals surface area contributed by atoms with Crippen LogP contribution in [-0.4, -0.2) is 46.4 Å². The summed E-state index contributed by atoms with van der Waals surface area (Å²) in [7, 11) is -1.99. The fraction of sp³-hybridized carbons (Fsp3) is 0.714. The molecule has 8 heteroatoms. The molecule has 2 rings (SSSR count). The molecule has 0 bridgehead atoms. The van der Waals surface area contributed by atoms with E-state index in [0.717, 1.165) is 0 Å². The van der Waals surface area contributed by atoms with Crippen LogP contribution in [0.5, 0.6) is 0 Å². The van der Waals surface area contributed by atoms with Crippen molar-refractivity contribution in [2.24, 2.45) is 18.9 Å². The first kappa shape index (κ1) is 17.0. The second kappa shape index (κ2) is 6.00. The molecule has 0 aromatic carbocycles. The molecule has 2 atom stereocenters. The van der Waals surface area contributed by atoms with Crippen molar-refractivity contribution >= 4 is 16.0 Å². The summed E-state index contributed by atoms with van der Waals surface area (Å²) in [5, 5.41) is 9.19. The van der Waals surface area contributed by atoms with Crippen LogP contribution < -0.4 is 0 Å². The summed E-state index contributed by atoms with van der Waals surface area (Å²) in [6.07, 6.45) is 2.00. The van der Waals surface area contributed by atoms with E-state index in [9.17, 15) is 18.3 Å². The summed E-state index contributed by atoms with van der Waals surface area (Å²) >= 11 is 0. The predicted molar refractivity (Wildman–Crippen MR) is 81.0 cm³/mol. The minimum absolute atomic E-state index is 0.00283. The van der Waals surface area contributed by atoms with Crippen molar-refractivity contribution in [1.82, 2.24) is 13.9 Å². The fourth-order valence-corrected chi connectivity index (χ4v) is 4.51. The lowest BCUT2D eigenvalue weighted by Gasteiger charge is -2.33. The van der Waals surface area contributed by atoms with Gasteiger partial charge in [0.2, 0.25) is 0 Å². The molecule has 1 fully saturated rings. The zero-order chi connectivity index (χ0) is 16.7. The zero-order valence-electron chi connectivity index (χ0n) is 13.4. The highest BCUT2D eigenvalue weighted by Crippen LogP contribution is 2.27. The minimum atomic E-state index is -3.76. The standard InChI is InChI=1S/C14H23N3O4S/c1-9(2)13-15-12(8-16(13)4)22(20,21)17-6-10(3)5-11(7-17)14(18)19/h8-11H,5-7H2,1-4H3,(H,18,19). The Bertz CT molecular complexity index is 666. The maximum Gasteiger partial charge on any atom is 0.307 e. The van der Waals surface area contributed by atoms with E-state index in [-0.39, 0.29) is 23.4 Å². The van der Waals surface area contributed by atoms with Crippen LogP contribution in [0.1, 0.15) is 38.9 Å². The molecular formula is C14H23N3O4S. The van der Waals surface area contributed by atoms with Crippen LogP contribution in [-0.2, 0) is 21.9 Å². The van der Waals surface area contributed by atoms with Gasteiger partial charge in [0, 0.05) is 32.3 Å². The number of sulfonamides is 1. The van der Waals surface area contributed by atoms with Crippen LogP contribution in [0, 0.1) is 11.8 Å². The molecule has 1 aromatic rings. The average molecular weight is 329 g/mol. The lowest BCUT2D eigenvalue weighted by atomic mass is 9.92. The molecule has 1 N–H and O–H groups in total. The summed E-state index contributed by atoms with van der Waals surface area (Å²) in [6, 6.07) is 0. The molecule has 2 unspecified atom stereocenters. The Kier molecular flexibility index (Phi) is 4.62. The number of piperidine rings is 1. The molecule has 1 aliphatic rings. The Hall–Kier alpha value is -1.41. The van der Waals surface area contributed by atoms with Gasteiger partial charge in [0.1, 0.15) is 5.82 Å². The van der Waals surface area contributed by atoms with E-state index >= 15 is 0 Å². The number of rotatable bonds is 4. The molecule has 0 saturated carbocycles. The van der Waals surface area contributed by atoms with Crippen LogP contribution in [0.15, 0.2) is 11.2 Å². The van der Waals surface area contributed by atoms with Gasteiger partial charge >= 0.3 is 5.97 Å². The summed E-state index contributed by atoms with van der Waals surface area (Å²) in [5.74, 6) is -0.792. The lowest BCUT2D eigenvalue weighted by Crippen LogP contribution is -2.45. The first-order chi connectivity index (χ1) is 10.1. The molecule has 1 aromatic heterocycles. The van der Waals surface area contributed by atoms with Crippen molar-refractivity contribution in [1.29, 1.82) is 0 Å². The number of nitrogens with zero attached hydrogens (tertiary/aromatic N) is 3. The number of carbonyl (C=O) groups is 1. The highest BCUT2D eigenvalue weighted by Gasteiger charge is 2.37. The molecule has 7 nitrogen and oxygen atoms in total. The van der Waals surface area contributed by atoms with E-state index in [1.54, 1.807) is 11.6 Å². The van der Waals surface area contributed by atoms with Crippen LogP contribution in [0.2, 0.25) is 0 Å². The third-order valence-corrected chi connectivity index (χ3v) is 5.69. The van der Waals surface area contributed by atoms with Crippen LogP contribution >= 0.6 is 0 Å². The van der Waals surface area contributed by atoms with E-state index in [1.165, 1.54) is 10.5 Å². The number of hydrogen-bond acceptors (Lipinski definition) is 4. The summed E-state index contributed by atoms with van der Waals surface area (Å²) in [6.45, 7) is 6.11. The number of aryl methyl sites for hydroxylation is 1. The first-order valence-corrected chi connectivity index (χ1v) is 8.83. The Morgan fingerprint density at radius 3 is 2.55 bits per heavy atom. The molecule has 1 aliphatic heterocycles. The summed E-state index contributed by atoms with van der Waals surface area (Å²) in [4.78, 5) is 15.5. The lowest BCUT2D eigenvalue weighted by molar-refractivity contribution is -0.143. The van der Waals surface area contributed by atoms with Crippen molar-refractivity contribution in [3.05, 3.63) is 12.0 Å². The number of imidazole rings is 1. The highest BCUT2D eigenvalue weighted by atomic mass is 32.2. The molecule has 2 heterocycles. The molecule has 0 aliphatic carbocycles. The molecule has 0 radical (unpaired) electrons. The van der Waals surface area contributed by atoms with Crippen molar-refractivity contribution < 1.29 is 18.3 Å². The highest BCUT2D eigenvalue weighted by molar-refractivity contribution is 7.89. The van der Waals surface area contributed by atoms with Crippen LogP contribution in [0.4, 0.5) is 0 Å². The van der Waals surface area contributed by atoms with Crippen molar-refractivity contribution in [2.75, 3.05) is 13.1 Å². The normalized spacial score (nSPS) is 23.9. The number of hydrogen-bond donors (Lipinski definition) is 1. The van der Waals surface area contributed by atoms with E-state index < -0.39 is 21.9 Å². The Morgan fingerprint density at radius 1 is 1.41 bits per heavy atom. The number of aliphatic carboxylic acids is 1. The van der Waals surface area contributed by atoms with Gasteiger partial charge in [-0.15, -0.1) is 0 Å². The summed E-state index contributed by atoms with van der Waals surface area (Å²) < 4.78 is 28.5. The van der Waals surface area contributed by atoms with Gasteiger partial charge in [0.25, 0.3) is 10.0 Å². The minimum Gasteiger partial charge on any atom is -0.481 e. The quantitative estimate of drug-likeness (QED) is 0.898. The number of carboxylic acids is 1. The number of aromatic nitrogens is 2. The van der Waals surface area contributed by atoms with Crippen LogP contribution in [0.3, 0.4) is 0 Å². The SMILES string of the molecule is CC1CC(C(=O)O)CN(S(=O)(=O)c2cn(C)c(C(C)C)n2)C1. The third kappa shape index (κ3) is 3.17. The van der Waals surface area contributed by atoms with E-state index in [1.807, 2.05) is 20.8 Å². The number of carboxylic acid groups (broad SMARTS) is 1. The fourth-order valence-electron chi connectivity index (χ4n) is 2.92. The summed E-state index contributed by atoms with van der Waals surface area (Å²) in [5.41, 5.74) is 0. The van der Waals surface area contributed by atoms with Gasteiger partial charge in [-0.2, -0.15) is 4.31 Å². The Labute approximate surface area is 131 Å². The van der Waals surface area contributed by atoms with Gasteiger partial charge in [-0.05, 0) is 12.3 Å². The van der Waals surface area contributed by atoms with E-state index in [2.05, 4.69) is 4.98 Å². The molecule has 0 spiro atoms. The van der Waals surface area contributed by atoms with Gasteiger partial charge < -0.3 is 9.67 Å². The Morgan fingerprint density at radius 2 is 2.05 bits per heavy atom. The molecule has 22 heavy (non-hydrogen) atoms. The van der Waals surface area contributed by atoms with Gasteiger partial charge in [-0.1, -0.05) is 20.8 Å². The maximum absolute atomic E-state index is 12.7. The third-order valence-electron chi connectivity index (χ3n) is 3.99. The largest absolute Gasteiger partial charge is 0.481 e. The maximum atomic E-state index is 12.7. The second-order valence-electron chi connectivity index (χ2n) is 6.40. The first-order valence-electron chi connectivity index (χ1n) is 7.39. The smallest absolute Gasteiger partial charge is 0.307 e. The average Bonchev–Trinajstić information content (AvgIpc) is 2.81. The van der Waals surface area contributed by atoms with Crippen LogP contribution in [0.25, 0.3) is 0 Å². The topological polar surface area (TPSA) is 92.5 Å². The van der Waals surface area contributed by atoms with Crippen molar-refractivity contribution in [3.8, 4) is 0 Å². The van der Waals surface area contributed by atoms with E-state index in [4.69, 9.17) is 0 Å². The molecular weight excluding hydrogens is 306 g/mol. The molecule has 0 amide bonds.